The summed E-state index contributed by atoms with van der Waals surface area (Å²) in [4.78, 5) is 35.5. The minimum atomic E-state index is -1.31. The Kier molecular flexibility index (Phi) is 11.2. The van der Waals surface area contributed by atoms with Crippen molar-refractivity contribution in [1.82, 2.24) is 4.90 Å². The molecule has 1 aliphatic heterocycles. The lowest BCUT2D eigenvalue weighted by molar-refractivity contribution is -0.311. The van der Waals surface area contributed by atoms with Crippen LogP contribution in [0.2, 0.25) is 0 Å². The molecule has 0 spiro atoms. The fourth-order valence-corrected chi connectivity index (χ4v) is 3.47. The number of nitrogens with zero attached hydrogens (tertiary/aromatic N) is 1. The Morgan fingerprint density at radius 3 is 1.64 bits per heavy atom. The predicted octanol–water partition coefficient (Wildman–Crippen LogP) is 3.35. The van der Waals surface area contributed by atoms with Gasteiger partial charge in [0.25, 0.3) is 0 Å². The van der Waals surface area contributed by atoms with Crippen molar-refractivity contribution in [2.45, 2.75) is 109 Å². The molecular weight excluding hydrogens is 318 g/mol. The molecule has 0 N–H and O–H groups in total. The van der Waals surface area contributed by atoms with E-state index in [1.54, 1.807) is 0 Å². The van der Waals surface area contributed by atoms with Gasteiger partial charge in [0.1, 0.15) is 0 Å². The van der Waals surface area contributed by atoms with Crippen molar-refractivity contribution in [2.24, 2.45) is 0 Å². The van der Waals surface area contributed by atoms with Crippen LogP contribution in [0.25, 0.3) is 0 Å². The molecule has 5 heteroatoms. The number of rotatable bonds is 15. The van der Waals surface area contributed by atoms with E-state index in [1.165, 1.54) is 57.8 Å². The van der Waals surface area contributed by atoms with Crippen LogP contribution in [0.5, 0.6) is 0 Å². The monoisotopic (exact) mass is 352 g/mol. The highest BCUT2D eigenvalue weighted by atomic mass is 16.4. The highest BCUT2D eigenvalue weighted by molar-refractivity contribution is 6.04. The quantitative estimate of drug-likeness (QED) is 0.334. The van der Waals surface area contributed by atoms with Gasteiger partial charge in [0.15, 0.2) is 0 Å². The number of hydrogen-bond acceptors (Lipinski definition) is 4. The Balaban J connectivity index is 2.05. The summed E-state index contributed by atoms with van der Waals surface area (Å²) in [5.41, 5.74) is 0. The van der Waals surface area contributed by atoms with Gasteiger partial charge in [-0.1, -0.05) is 84.0 Å². The summed E-state index contributed by atoms with van der Waals surface area (Å²) >= 11 is 0. The number of unbranched alkanes of at least 4 members (excludes halogenated alkanes) is 11. The fraction of sp³-hybridized carbons (Fsp3) is 0.850. The average molecular weight is 352 g/mol. The molecule has 0 aromatic rings. The van der Waals surface area contributed by atoms with Gasteiger partial charge in [0.05, 0.1) is 12.0 Å². The first-order valence-corrected chi connectivity index (χ1v) is 10.1. The van der Waals surface area contributed by atoms with Crippen LogP contribution >= 0.6 is 0 Å². The van der Waals surface area contributed by atoms with E-state index in [9.17, 15) is 19.5 Å². The molecular formula is C20H34NO4-. The molecule has 5 nitrogen and oxygen atoms in total. The number of carboxylic acid groups (broad SMARTS) is 1. The van der Waals surface area contributed by atoms with E-state index in [4.69, 9.17) is 0 Å². The second-order valence-electron chi connectivity index (χ2n) is 7.17. The molecule has 1 fully saturated rings. The standard InChI is InChI=1S/C20H35NO4/c1-2-3-4-5-6-7-8-9-10-11-12-13-14-17(20(24)25)21-18(22)15-16-19(21)23/h17H,2-16H2,1H3,(H,24,25)/p-1. The molecule has 1 unspecified atom stereocenters. The summed E-state index contributed by atoms with van der Waals surface area (Å²) in [6.45, 7) is 2.23. The molecule has 2 amide bonds. The zero-order valence-electron chi connectivity index (χ0n) is 15.8. The first kappa shape index (κ1) is 21.7. The van der Waals surface area contributed by atoms with E-state index in [-0.39, 0.29) is 24.7 Å². The number of carbonyl (C=O) groups is 3. The van der Waals surface area contributed by atoms with E-state index < -0.39 is 12.0 Å². The number of amides is 2. The SMILES string of the molecule is CCCCCCCCCCCCCCC(C(=O)[O-])N1C(=O)CCC1=O. The number of likely N-dealkylation sites (tertiary alicyclic amines) is 1. The van der Waals surface area contributed by atoms with E-state index in [1.807, 2.05) is 0 Å². The summed E-state index contributed by atoms with van der Waals surface area (Å²) in [6, 6.07) is -1.08. The summed E-state index contributed by atoms with van der Waals surface area (Å²) in [7, 11) is 0. The lowest BCUT2D eigenvalue weighted by Crippen LogP contribution is -2.50. The van der Waals surface area contributed by atoms with Crippen LogP contribution in [0.15, 0.2) is 0 Å². The second-order valence-corrected chi connectivity index (χ2v) is 7.17. The normalized spacial score (nSPS) is 15.8. The maximum atomic E-state index is 11.7. The van der Waals surface area contributed by atoms with Crippen LogP contribution in [-0.4, -0.2) is 28.7 Å². The highest BCUT2D eigenvalue weighted by Crippen LogP contribution is 2.20. The molecule has 1 aliphatic rings. The Morgan fingerprint density at radius 1 is 0.840 bits per heavy atom. The zero-order valence-corrected chi connectivity index (χ0v) is 15.8. The Morgan fingerprint density at radius 2 is 1.24 bits per heavy atom. The summed E-state index contributed by atoms with van der Waals surface area (Å²) in [5.74, 6) is -2.07. The van der Waals surface area contributed by atoms with Crippen molar-refractivity contribution in [3.8, 4) is 0 Å². The largest absolute Gasteiger partial charge is 0.548 e. The van der Waals surface area contributed by atoms with Crippen LogP contribution in [0.1, 0.15) is 103 Å². The second kappa shape index (κ2) is 12.9. The van der Waals surface area contributed by atoms with Crippen LogP contribution in [0, 0.1) is 0 Å². The third-order valence-electron chi connectivity index (χ3n) is 5.00. The summed E-state index contributed by atoms with van der Waals surface area (Å²) in [6.07, 6.45) is 15.0. The molecule has 0 bridgehead atoms. The first-order valence-electron chi connectivity index (χ1n) is 10.1. The lowest BCUT2D eigenvalue weighted by Gasteiger charge is -2.27. The smallest absolute Gasteiger partial charge is 0.230 e. The van der Waals surface area contributed by atoms with E-state index in [0.717, 1.165) is 17.7 Å². The van der Waals surface area contributed by atoms with Gasteiger partial charge >= 0.3 is 0 Å². The minimum Gasteiger partial charge on any atom is -0.548 e. The Hall–Kier alpha value is -1.39. The van der Waals surface area contributed by atoms with Gasteiger partial charge in [-0.3, -0.25) is 14.5 Å². The predicted molar refractivity (Wildman–Crippen MR) is 95.6 cm³/mol. The number of carbonyl (C=O) groups excluding carboxylic acids is 3. The molecule has 1 atom stereocenters. The molecule has 0 aromatic heterocycles. The number of hydrogen-bond donors (Lipinski definition) is 0. The number of imide groups is 1. The van der Waals surface area contributed by atoms with Gasteiger partial charge in [-0.05, 0) is 6.42 Å². The van der Waals surface area contributed by atoms with Crippen molar-refractivity contribution in [1.29, 1.82) is 0 Å². The maximum absolute atomic E-state index is 11.7. The minimum absolute atomic E-state index is 0.126. The van der Waals surface area contributed by atoms with Crippen molar-refractivity contribution >= 4 is 17.8 Å². The van der Waals surface area contributed by atoms with Gasteiger partial charge in [-0.2, -0.15) is 0 Å². The molecule has 1 heterocycles. The van der Waals surface area contributed by atoms with Gasteiger partial charge in [0, 0.05) is 12.8 Å². The molecule has 0 saturated carbocycles. The number of carboxylic acids is 1. The van der Waals surface area contributed by atoms with E-state index in [2.05, 4.69) is 6.92 Å². The lowest BCUT2D eigenvalue weighted by atomic mass is 10.0. The molecule has 0 radical (unpaired) electrons. The van der Waals surface area contributed by atoms with Gasteiger partial charge < -0.3 is 9.90 Å². The van der Waals surface area contributed by atoms with Crippen LogP contribution < -0.4 is 5.11 Å². The van der Waals surface area contributed by atoms with Crippen molar-refractivity contribution in [2.75, 3.05) is 0 Å². The summed E-state index contributed by atoms with van der Waals surface area (Å²) in [5, 5.41) is 11.3. The average Bonchev–Trinajstić information content (AvgIpc) is 2.91. The molecule has 1 saturated heterocycles. The van der Waals surface area contributed by atoms with Crippen LogP contribution in [-0.2, 0) is 14.4 Å². The third kappa shape index (κ3) is 8.50. The molecule has 0 aliphatic carbocycles. The van der Waals surface area contributed by atoms with Crippen LogP contribution in [0.3, 0.4) is 0 Å². The molecule has 144 valence electrons. The summed E-state index contributed by atoms with van der Waals surface area (Å²) < 4.78 is 0. The fourth-order valence-electron chi connectivity index (χ4n) is 3.47. The first-order chi connectivity index (χ1) is 12.1. The molecule has 25 heavy (non-hydrogen) atoms. The van der Waals surface area contributed by atoms with Gasteiger partial charge in [-0.25, -0.2) is 0 Å². The highest BCUT2D eigenvalue weighted by Gasteiger charge is 2.35. The molecule has 1 rings (SSSR count). The third-order valence-corrected chi connectivity index (χ3v) is 5.00. The van der Waals surface area contributed by atoms with E-state index >= 15 is 0 Å². The van der Waals surface area contributed by atoms with Crippen molar-refractivity contribution < 1.29 is 19.5 Å². The topological polar surface area (TPSA) is 77.5 Å². The molecule has 0 aromatic carbocycles. The maximum Gasteiger partial charge on any atom is 0.230 e. The van der Waals surface area contributed by atoms with Crippen molar-refractivity contribution in [3.63, 3.8) is 0 Å². The zero-order chi connectivity index (χ0) is 18.5. The van der Waals surface area contributed by atoms with Gasteiger partial charge in [0.2, 0.25) is 11.8 Å². The number of aliphatic carboxylic acids is 1. The Labute approximate surface area is 152 Å². The van der Waals surface area contributed by atoms with Crippen LogP contribution in [0.4, 0.5) is 0 Å². The van der Waals surface area contributed by atoms with Crippen molar-refractivity contribution in [3.05, 3.63) is 0 Å². The van der Waals surface area contributed by atoms with Gasteiger partial charge in [-0.15, -0.1) is 0 Å². The Bertz CT molecular complexity index is 406. The van der Waals surface area contributed by atoms with E-state index in [0.29, 0.717) is 12.8 Å².